The summed E-state index contributed by atoms with van der Waals surface area (Å²) in [7, 11) is -2.77. The lowest BCUT2D eigenvalue weighted by Gasteiger charge is -2.16. The standard InChI is InChI=1S/C19H17FN2O5S/c1-13(23)15-4-6-17(7-5-15)28(25,26)22(2)11-19(24)27-12-16-9-14(10-21)3-8-18(16)20/h3-9H,11-12H2,1-2H3. The van der Waals surface area contributed by atoms with Crippen LogP contribution in [0.1, 0.15) is 28.4 Å². The third-order valence-corrected chi connectivity index (χ3v) is 5.70. The summed E-state index contributed by atoms with van der Waals surface area (Å²) >= 11 is 0. The molecule has 0 heterocycles. The number of benzene rings is 2. The van der Waals surface area contributed by atoms with Gasteiger partial charge in [-0.25, -0.2) is 12.8 Å². The second-order valence-corrected chi connectivity index (χ2v) is 7.97. The molecule has 0 aliphatic carbocycles. The number of esters is 1. The maximum Gasteiger partial charge on any atom is 0.321 e. The van der Waals surface area contributed by atoms with E-state index >= 15 is 0 Å². The minimum absolute atomic E-state index is 0.0118. The van der Waals surface area contributed by atoms with Crippen LogP contribution in [0, 0.1) is 17.1 Å². The first-order chi connectivity index (χ1) is 13.1. The summed E-state index contributed by atoms with van der Waals surface area (Å²) in [5.41, 5.74) is 0.585. The van der Waals surface area contributed by atoms with Gasteiger partial charge in [0.2, 0.25) is 10.0 Å². The van der Waals surface area contributed by atoms with Crippen LogP contribution in [0.25, 0.3) is 0 Å². The molecule has 0 amide bonds. The maximum atomic E-state index is 13.7. The Bertz CT molecular complexity index is 1040. The first-order valence-electron chi connectivity index (χ1n) is 8.06. The van der Waals surface area contributed by atoms with E-state index < -0.39 is 35.0 Å². The van der Waals surface area contributed by atoms with E-state index in [2.05, 4.69) is 0 Å². The van der Waals surface area contributed by atoms with Gasteiger partial charge in [0.15, 0.2) is 5.78 Å². The van der Waals surface area contributed by atoms with Crippen molar-refractivity contribution >= 4 is 21.8 Å². The molecule has 0 saturated carbocycles. The number of sulfonamides is 1. The molecule has 0 spiro atoms. The van der Waals surface area contributed by atoms with Crippen molar-refractivity contribution in [1.29, 1.82) is 5.26 Å². The topological polar surface area (TPSA) is 105 Å². The van der Waals surface area contributed by atoms with Crippen LogP contribution in [0.15, 0.2) is 47.4 Å². The quantitative estimate of drug-likeness (QED) is 0.518. The Morgan fingerprint density at radius 2 is 1.82 bits per heavy atom. The molecule has 0 fully saturated rings. The van der Waals surface area contributed by atoms with Gasteiger partial charge in [0.25, 0.3) is 0 Å². The molecule has 0 unspecified atom stereocenters. The zero-order valence-corrected chi connectivity index (χ0v) is 16.0. The second-order valence-electron chi connectivity index (χ2n) is 5.92. The fourth-order valence-corrected chi connectivity index (χ4v) is 3.38. The van der Waals surface area contributed by atoms with E-state index in [1.54, 1.807) is 0 Å². The predicted molar refractivity (Wildman–Crippen MR) is 97.2 cm³/mol. The van der Waals surface area contributed by atoms with Crippen molar-refractivity contribution in [1.82, 2.24) is 4.31 Å². The van der Waals surface area contributed by atoms with E-state index in [1.165, 1.54) is 50.4 Å². The first kappa shape index (κ1) is 21.2. The highest BCUT2D eigenvalue weighted by molar-refractivity contribution is 7.89. The van der Waals surface area contributed by atoms with Gasteiger partial charge in [0.1, 0.15) is 19.0 Å². The van der Waals surface area contributed by atoms with E-state index in [-0.39, 0.29) is 21.8 Å². The van der Waals surface area contributed by atoms with E-state index in [0.717, 1.165) is 10.4 Å². The van der Waals surface area contributed by atoms with Gasteiger partial charge in [-0.2, -0.15) is 9.57 Å². The van der Waals surface area contributed by atoms with E-state index in [9.17, 15) is 22.4 Å². The van der Waals surface area contributed by atoms with Crippen LogP contribution in [0.2, 0.25) is 0 Å². The Morgan fingerprint density at radius 3 is 2.39 bits per heavy atom. The predicted octanol–water partition coefficient (Wildman–Crippen LogP) is 2.26. The number of rotatable bonds is 7. The number of Topliss-reactive ketones (excluding diaryl/α,β-unsaturated/α-hetero) is 1. The maximum absolute atomic E-state index is 13.7. The molecule has 146 valence electrons. The van der Waals surface area contributed by atoms with Crippen LogP contribution in [-0.4, -0.2) is 38.1 Å². The number of carbonyl (C=O) groups is 2. The highest BCUT2D eigenvalue weighted by Gasteiger charge is 2.24. The third kappa shape index (κ3) is 5.00. The molecule has 0 saturated heterocycles. The number of halogens is 1. The van der Waals surface area contributed by atoms with Gasteiger partial charge in [0.05, 0.1) is 16.5 Å². The zero-order valence-electron chi connectivity index (χ0n) is 15.2. The van der Waals surface area contributed by atoms with Crippen molar-refractivity contribution < 1.29 is 27.1 Å². The number of ether oxygens (including phenoxy) is 1. The van der Waals surface area contributed by atoms with Crippen molar-refractivity contribution in [3.05, 3.63) is 65.0 Å². The van der Waals surface area contributed by atoms with Crippen molar-refractivity contribution in [2.75, 3.05) is 13.6 Å². The number of nitriles is 1. The first-order valence-corrected chi connectivity index (χ1v) is 9.50. The summed E-state index contributed by atoms with van der Waals surface area (Å²) in [5.74, 6) is -1.72. The van der Waals surface area contributed by atoms with Crippen LogP contribution < -0.4 is 0 Å². The largest absolute Gasteiger partial charge is 0.460 e. The SMILES string of the molecule is CC(=O)c1ccc(S(=O)(=O)N(C)CC(=O)OCc2cc(C#N)ccc2F)cc1. The van der Waals surface area contributed by atoms with E-state index in [4.69, 9.17) is 10.00 Å². The van der Waals surface area contributed by atoms with Crippen molar-refractivity contribution in [2.24, 2.45) is 0 Å². The van der Waals surface area contributed by atoms with Gasteiger partial charge in [-0.05, 0) is 37.3 Å². The Balaban J connectivity index is 2.03. The Labute approximate surface area is 162 Å². The van der Waals surface area contributed by atoms with Crippen molar-refractivity contribution in [3.8, 4) is 6.07 Å². The average molecular weight is 404 g/mol. The number of ketones is 1. The van der Waals surface area contributed by atoms with Crippen LogP contribution in [0.3, 0.4) is 0 Å². The third-order valence-electron chi connectivity index (χ3n) is 3.88. The lowest BCUT2D eigenvalue weighted by atomic mass is 10.1. The summed E-state index contributed by atoms with van der Waals surface area (Å²) in [4.78, 5) is 23.1. The highest BCUT2D eigenvalue weighted by atomic mass is 32.2. The molecule has 9 heteroatoms. The molecule has 0 aliphatic rings. The molecular formula is C19H17FN2O5S. The molecule has 0 atom stereocenters. The summed E-state index contributed by atoms with van der Waals surface area (Å²) in [6.07, 6.45) is 0. The minimum atomic E-state index is -3.97. The molecule has 0 bridgehead atoms. The Morgan fingerprint density at radius 1 is 1.18 bits per heavy atom. The molecule has 0 N–H and O–H groups in total. The number of likely N-dealkylation sites (N-methyl/N-ethyl adjacent to an activating group) is 1. The van der Waals surface area contributed by atoms with Crippen molar-refractivity contribution in [3.63, 3.8) is 0 Å². The molecule has 0 aromatic heterocycles. The zero-order chi connectivity index (χ0) is 20.9. The van der Waals surface area contributed by atoms with Crippen molar-refractivity contribution in [2.45, 2.75) is 18.4 Å². The fraction of sp³-hybridized carbons (Fsp3) is 0.211. The van der Waals surface area contributed by atoms with Crippen LogP contribution in [0.4, 0.5) is 4.39 Å². The molecule has 28 heavy (non-hydrogen) atoms. The normalized spacial score (nSPS) is 11.1. The molecule has 0 aliphatic heterocycles. The van der Waals surface area contributed by atoms with E-state index in [0.29, 0.717) is 5.56 Å². The lowest BCUT2D eigenvalue weighted by molar-refractivity contribution is -0.145. The number of hydrogen-bond donors (Lipinski definition) is 0. The Hall–Kier alpha value is -3.09. The van der Waals surface area contributed by atoms with Gasteiger partial charge in [-0.15, -0.1) is 0 Å². The second kappa shape index (κ2) is 8.73. The highest BCUT2D eigenvalue weighted by Crippen LogP contribution is 2.16. The van der Waals surface area contributed by atoms with Crippen LogP contribution >= 0.6 is 0 Å². The van der Waals surface area contributed by atoms with Crippen LogP contribution in [0.5, 0.6) is 0 Å². The number of hydrogen-bond acceptors (Lipinski definition) is 6. The number of nitrogens with zero attached hydrogens (tertiary/aromatic N) is 2. The summed E-state index contributed by atoms with van der Waals surface area (Å²) < 4.78 is 44.4. The molecule has 2 aromatic carbocycles. The molecule has 0 radical (unpaired) electrons. The molecule has 7 nitrogen and oxygen atoms in total. The minimum Gasteiger partial charge on any atom is -0.460 e. The van der Waals surface area contributed by atoms with Gasteiger partial charge in [-0.1, -0.05) is 12.1 Å². The van der Waals surface area contributed by atoms with Gasteiger partial charge in [-0.3, -0.25) is 9.59 Å². The lowest BCUT2D eigenvalue weighted by Crippen LogP contribution is -2.33. The number of carbonyl (C=O) groups excluding carboxylic acids is 2. The van der Waals surface area contributed by atoms with E-state index in [1.807, 2.05) is 6.07 Å². The molecule has 2 rings (SSSR count). The van der Waals surface area contributed by atoms with Gasteiger partial charge < -0.3 is 4.74 Å². The molecular weight excluding hydrogens is 387 g/mol. The van der Waals surface area contributed by atoms with Gasteiger partial charge in [0, 0.05) is 18.2 Å². The van der Waals surface area contributed by atoms with Gasteiger partial charge >= 0.3 is 5.97 Å². The van der Waals surface area contributed by atoms with Crippen LogP contribution in [-0.2, 0) is 26.2 Å². The Kier molecular flexibility index (Phi) is 6.62. The smallest absolute Gasteiger partial charge is 0.321 e. The summed E-state index contributed by atoms with van der Waals surface area (Å²) in [5, 5.41) is 8.82. The monoisotopic (exact) mass is 404 g/mol. The summed E-state index contributed by atoms with van der Waals surface area (Å²) in [6.45, 7) is 0.346. The summed E-state index contributed by atoms with van der Waals surface area (Å²) in [6, 6.07) is 10.8. The fourth-order valence-electron chi connectivity index (χ4n) is 2.27. The average Bonchev–Trinajstić information content (AvgIpc) is 2.67. The molecule has 2 aromatic rings.